The summed E-state index contributed by atoms with van der Waals surface area (Å²) in [7, 11) is 2.13. The van der Waals surface area contributed by atoms with Crippen LogP contribution in [-0.4, -0.2) is 51.9 Å². The van der Waals surface area contributed by atoms with Crippen molar-refractivity contribution in [1.82, 2.24) is 14.9 Å². The van der Waals surface area contributed by atoms with E-state index in [-0.39, 0.29) is 21.6 Å². The van der Waals surface area contributed by atoms with E-state index >= 15 is 0 Å². The molecule has 2 aromatic heterocycles. The molecule has 3 aromatic rings. The molecule has 1 aromatic carbocycles. The lowest BCUT2D eigenvalue weighted by Crippen LogP contribution is -2.37. The number of fused-ring (bicyclic) bond motifs is 1. The van der Waals surface area contributed by atoms with Gasteiger partial charge in [-0.05, 0) is 64.2 Å². The van der Waals surface area contributed by atoms with Crippen molar-refractivity contribution < 1.29 is 9.90 Å². The molecule has 6 nitrogen and oxygen atoms in total. The highest BCUT2D eigenvalue weighted by atomic mass is 35.5. The summed E-state index contributed by atoms with van der Waals surface area (Å²) in [5.41, 5.74) is 4.48. The van der Waals surface area contributed by atoms with Crippen molar-refractivity contribution in [2.75, 3.05) is 25.5 Å². The number of carbonyl (C=O) groups is 1. The normalized spacial score (nSPS) is 15.4. The molecule has 8 heteroatoms. The average Bonchev–Trinajstić information content (AvgIpc) is 2.74. The van der Waals surface area contributed by atoms with Crippen molar-refractivity contribution in [3.63, 3.8) is 0 Å². The van der Waals surface area contributed by atoms with Crippen molar-refractivity contribution in [1.29, 1.82) is 0 Å². The highest BCUT2D eigenvalue weighted by Crippen LogP contribution is 2.37. The first kappa shape index (κ1) is 21.8. The lowest BCUT2D eigenvalue weighted by molar-refractivity contribution is -0.116. The molecular formula is C23H24Cl2N4O2. The van der Waals surface area contributed by atoms with Crippen LogP contribution in [0.3, 0.4) is 0 Å². The summed E-state index contributed by atoms with van der Waals surface area (Å²) in [6.45, 7) is 3.62. The quantitative estimate of drug-likeness (QED) is 0.563. The smallest absolute Gasteiger partial charge is 0.152 e. The van der Waals surface area contributed by atoms with E-state index in [1.807, 2.05) is 12.1 Å². The molecule has 1 aliphatic rings. The summed E-state index contributed by atoms with van der Waals surface area (Å²) in [5, 5.41) is 13.9. The fraction of sp³-hybridized carbons (Fsp3) is 0.348. The summed E-state index contributed by atoms with van der Waals surface area (Å²) in [5.74, 6) is -0.0799. The number of phenols is 1. The molecule has 0 saturated carbocycles. The number of aromatic nitrogens is 2. The molecule has 1 aliphatic heterocycles. The number of Topliss-reactive ketones (excluding diaryl/α,β-unsaturated/α-hetero) is 1. The summed E-state index contributed by atoms with van der Waals surface area (Å²) in [6.07, 6.45) is 4.09. The molecule has 2 N–H and O–H groups in total. The number of hydrogen-bond donors (Lipinski definition) is 2. The van der Waals surface area contributed by atoms with Gasteiger partial charge in [0.2, 0.25) is 0 Å². The van der Waals surface area contributed by atoms with Gasteiger partial charge in [0.25, 0.3) is 0 Å². The lowest BCUT2D eigenvalue weighted by atomic mass is 10.0. The van der Waals surface area contributed by atoms with Crippen molar-refractivity contribution in [2.45, 2.75) is 32.2 Å². The monoisotopic (exact) mass is 458 g/mol. The Morgan fingerprint density at radius 3 is 2.55 bits per heavy atom. The molecule has 1 fully saturated rings. The first-order valence-corrected chi connectivity index (χ1v) is 11.0. The first-order chi connectivity index (χ1) is 14.8. The number of pyridine rings is 2. The predicted octanol–water partition coefficient (Wildman–Crippen LogP) is 4.95. The van der Waals surface area contributed by atoms with Gasteiger partial charge < -0.3 is 15.3 Å². The van der Waals surface area contributed by atoms with Gasteiger partial charge in [0.1, 0.15) is 11.3 Å². The lowest BCUT2D eigenvalue weighted by Gasteiger charge is -2.31. The van der Waals surface area contributed by atoms with Crippen LogP contribution < -0.4 is 5.32 Å². The Kier molecular flexibility index (Phi) is 6.32. The van der Waals surface area contributed by atoms with Crippen LogP contribution in [0.4, 0.5) is 5.69 Å². The summed E-state index contributed by atoms with van der Waals surface area (Å²) >= 11 is 12.2. The molecule has 1 saturated heterocycles. The van der Waals surface area contributed by atoms with E-state index in [1.165, 1.54) is 0 Å². The number of phenolic OH excluding ortho intramolecular Hbond substituents is 1. The Balaban J connectivity index is 1.81. The minimum Gasteiger partial charge on any atom is -0.505 e. The third-order valence-corrected chi connectivity index (χ3v) is 6.19. The minimum absolute atomic E-state index is 0.0702. The number of carbonyl (C=O) groups excluding carboxylic acids is 1. The van der Waals surface area contributed by atoms with Gasteiger partial charge in [0.05, 0.1) is 26.9 Å². The van der Waals surface area contributed by atoms with Gasteiger partial charge in [-0.1, -0.05) is 23.2 Å². The number of likely N-dealkylation sites (tertiary alicyclic amines) is 1. The zero-order valence-electron chi connectivity index (χ0n) is 17.5. The second kappa shape index (κ2) is 8.99. The third-order valence-electron chi connectivity index (χ3n) is 5.61. The van der Waals surface area contributed by atoms with Crippen molar-refractivity contribution in [3.05, 3.63) is 46.1 Å². The van der Waals surface area contributed by atoms with E-state index in [2.05, 4.69) is 22.2 Å². The fourth-order valence-electron chi connectivity index (χ4n) is 3.90. The SMILES string of the molecule is CC(=O)Cc1cnc2ccc(-c3cc(Cl)c(O)c(Cl)c3)nc2c1NC1CCN(C)CC1. The number of piperidine rings is 1. The van der Waals surface area contributed by atoms with Gasteiger partial charge in [0.15, 0.2) is 5.75 Å². The predicted molar refractivity (Wildman–Crippen MR) is 125 cm³/mol. The number of ketones is 1. The Labute approximate surface area is 191 Å². The Morgan fingerprint density at radius 2 is 1.90 bits per heavy atom. The van der Waals surface area contributed by atoms with Crippen LogP contribution in [0.2, 0.25) is 10.0 Å². The molecule has 0 spiro atoms. The van der Waals surface area contributed by atoms with Crippen molar-refractivity contribution >= 4 is 45.7 Å². The topological polar surface area (TPSA) is 78.3 Å². The van der Waals surface area contributed by atoms with Gasteiger partial charge in [-0.25, -0.2) is 4.98 Å². The number of benzene rings is 1. The summed E-state index contributed by atoms with van der Waals surface area (Å²) in [4.78, 5) is 23.6. The third kappa shape index (κ3) is 4.76. The Hall–Kier alpha value is -2.41. The molecule has 3 heterocycles. The molecule has 0 amide bonds. The van der Waals surface area contributed by atoms with Crippen LogP contribution in [0.25, 0.3) is 22.3 Å². The first-order valence-electron chi connectivity index (χ1n) is 10.2. The van der Waals surface area contributed by atoms with Crippen LogP contribution >= 0.6 is 23.2 Å². The molecule has 0 aliphatic carbocycles. The molecule has 0 radical (unpaired) electrons. The van der Waals surface area contributed by atoms with Gasteiger partial charge in [-0.3, -0.25) is 9.78 Å². The highest BCUT2D eigenvalue weighted by Gasteiger charge is 2.21. The van der Waals surface area contributed by atoms with Crippen LogP contribution in [0.1, 0.15) is 25.3 Å². The largest absolute Gasteiger partial charge is 0.505 e. The van der Waals surface area contributed by atoms with Crippen LogP contribution in [-0.2, 0) is 11.2 Å². The number of hydrogen-bond acceptors (Lipinski definition) is 6. The number of nitrogens with zero attached hydrogens (tertiary/aromatic N) is 3. The molecule has 0 bridgehead atoms. The molecule has 4 rings (SSSR count). The van der Waals surface area contributed by atoms with Crippen LogP contribution in [0, 0.1) is 0 Å². The summed E-state index contributed by atoms with van der Waals surface area (Å²) < 4.78 is 0. The molecule has 0 atom stereocenters. The fourth-order valence-corrected chi connectivity index (χ4v) is 4.39. The zero-order valence-corrected chi connectivity index (χ0v) is 19.0. The van der Waals surface area contributed by atoms with E-state index in [1.54, 1.807) is 25.3 Å². The maximum Gasteiger partial charge on any atom is 0.152 e. The maximum atomic E-state index is 11.9. The van der Waals surface area contributed by atoms with Gasteiger partial charge in [0, 0.05) is 29.8 Å². The Bertz CT molecular complexity index is 1120. The average molecular weight is 459 g/mol. The van der Waals surface area contributed by atoms with Crippen LogP contribution in [0.5, 0.6) is 5.75 Å². The highest BCUT2D eigenvalue weighted by molar-refractivity contribution is 6.37. The van der Waals surface area contributed by atoms with E-state index < -0.39 is 0 Å². The second-order valence-electron chi connectivity index (χ2n) is 8.11. The van der Waals surface area contributed by atoms with E-state index in [0.717, 1.165) is 42.7 Å². The molecule has 31 heavy (non-hydrogen) atoms. The Morgan fingerprint density at radius 1 is 1.23 bits per heavy atom. The standard InChI is InChI=1S/C23H24Cl2N4O2/c1-13(30)9-15-12-26-20-4-3-19(14-10-17(24)23(31)18(25)11-14)28-22(20)21(15)27-16-5-7-29(2)8-6-16/h3-4,10-12,16,31H,5-9H2,1-2H3,(H,26,27). The summed E-state index contributed by atoms with van der Waals surface area (Å²) in [6, 6.07) is 7.31. The minimum atomic E-state index is -0.150. The van der Waals surface area contributed by atoms with Gasteiger partial charge in [-0.15, -0.1) is 0 Å². The number of halogens is 2. The molecule has 162 valence electrons. The second-order valence-corrected chi connectivity index (χ2v) is 8.93. The van der Waals surface area contributed by atoms with Crippen LogP contribution in [0.15, 0.2) is 30.5 Å². The van der Waals surface area contributed by atoms with E-state index in [4.69, 9.17) is 28.2 Å². The molecule has 0 unspecified atom stereocenters. The van der Waals surface area contributed by atoms with Crippen molar-refractivity contribution in [2.24, 2.45) is 0 Å². The zero-order chi connectivity index (χ0) is 22.1. The number of rotatable bonds is 5. The maximum absolute atomic E-state index is 11.9. The number of anilines is 1. The number of nitrogens with one attached hydrogen (secondary N) is 1. The van der Waals surface area contributed by atoms with Crippen molar-refractivity contribution in [3.8, 4) is 17.0 Å². The number of aromatic hydroxyl groups is 1. The molecular weight excluding hydrogens is 435 g/mol. The van der Waals surface area contributed by atoms with Gasteiger partial charge >= 0.3 is 0 Å². The van der Waals surface area contributed by atoms with E-state index in [9.17, 15) is 9.90 Å². The van der Waals surface area contributed by atoms with E-state index in [0.29, 0.717) is 29.2 Å². The van der Waals surface area contributed by atoms with Gasteiger partial charge in [-0.2, -0.15) is 0 Å².